The van der Waals surface area contributed by atoms with E-state index in [2.05, 4.69) is 26.0 Å². The first-order chi connectivity index (χ1) is 12.3. The summed E-state index contributed by atoms with van der Waals surface area (Å²) >= 11 is 4.39. The second kappa shape index (κ2) is 6.31. The first-order valence-electron chi connectivity index (χ1n) is 8.19. The third-order valence-corrected chi connectivity index (χ3v) is 6.19. The molecule has 4 nitrogen and oxygen atoms in total. The molecule has 0 radical (unpaired) electrons. The summed E-state index contributed by atoms with van der Waals surface area (Å²) in [5.41, 5.74) is -1.28. The van der Waals surface area contributed by atoms with Gasteiger partial charge in [-0.15, -0.1) is 11.3 Å². The third-order valence-electron chi connectivity index (χ3n) is 4.85. The lowest BCUT2D eigenvalue weighted by Crippen LogP contribution is -2.60. The highest BCUT2D eigenvalue weighted by molar-refractivity contribution is 9.10. The van der Waals surface area contributed by atoms with Crippen molar-refractivity contribution in [2.45, 2.75) is 37.6 Å². The molecule has 1 aliphatic carbocycles. The Labute approximate surface area is 160 Å². The van der Waals surface area contributed by atoms with Crippen LogP contribution in [0.3, 0.4) is 0 Å². The number of fused-ring (bicyclic) bond motifs is 1. The van der Waals surface area contributed by atoms with Crippen LogP contribution in [0.2, 0.25) is 0 Å². The summed E-state index contributed by atoms with van der Waals surface area (Å²) in [6.45, 7) is 0. The summed E-state index contributed by atoms with van der Waals surface area (Å²) < 4.78 is 42.4. The number of nitrogens with zero attached hydrogens (tertiary/aromatic N) is 3. The Hall–Kier alpha value is -1.45. The molecule has 138 valence electrons. The minimum absolute atomic E-state index is 0.0460. The molecule has 0 saturated heterocycles. The molecule has 2 aliphatic rings. The molecule has 0 unspecified atom stereocenters. The largest absolute Gasteiger partial charge is 0.439 e. The van der Waals surface area contributed by atoms with Crippen molar-refractivity contribution in [1.29, 1.82) is 0 Å². The van der Waals surface area contributed by atoms with Crippen LogP contribution in [0, 0.1) is 5.92 Å². The summed E-state index contributed by atoms with van der Waals surface area (Å²) in [7, 11) is 0. The van der Waals surface area contributed by atoms with Crippen molar-refractivity contribution < 1.29 is 18.3 Å². The number of aliphatic hydroxyl groups is 1. The Morgan fingerprint density at radius 1 is 1.23 bits per heavy atom. The maximum absolute atomic E-state index is 13.8. The van der Waals surface area contributed by atoms with Gasteiger partial charge in [0.2, 0.25) is 5.13 Å². The fraction of sp³-hybridized carbons (Fsp3) is 0.412. The molecule has 1 aromatic carbocycles. The number of thiazole rings is 1. The number of hydrogen-bond acceptors (Lipinski definition) is 5. The number of hydrazone groups is 1. The SMILES string of the molecule is O[C@]1(C(F)(F)F)[C@H]2CCCCC2=NN1c1nc(-c2ccc(Br)cc2)cs1. The van der Waals surface area contributed by atoms with E-state index in [-0.39, 0.29) is 11.6 Å². The van der Waals surface area contributed by atoms with Crippen LogP contribution < -0.4 is 5.01 Å². The fourth-order valence-corrected chi connectivity index (χ4v) is 4.62. The van der Waals surface area contributed by atoms with Crippen molar-refractivity contribution >= 4 is 38.1 Å². The molecule has 26 heavy (non-hydrogen) atoms. The number of benzene rings is 1. The minimum atomic E-state index is -4.83. The Kier molecular flexibility index (Phi) is 4.36. The molecular formula is C17H15BrF3N3OS. The highest BCUT2D eigenvalue weighted by atomic mass is 79.9. The van der Waals surface area contributed by atoms with E-state index >= 15 is 0 Å². The molecule has 1 aromatic heterocycles. The Balaban J connectivity index is 1.74. The van der Waals surface area contributed by atoms with Gasteiger partial charge in [-0.3, -0.25) is 0 Å². The Morgan fingerprint density at radius 2 is 1.96 bits per heavy atom. The summed E-state index contributed by atoms with van der Waals surface area (Å²) in [6, 6.07) is 7.33. The maximum atomic E-state index is 13.8. The smallest absolute Gasteiger partial charge is 0.362 e. The zero-order chi connectivity index (χ0) is 18.5. The maximum Gasteiger partial charge on any atom is 0.439 e. The molecule has 1 saturated carbocycles. The van der Waals surface area contributed by atoms with Crippen molar-refractivity contribution in [1.82, 2.24) is 4.98 Å². The van der Waals surface area contributed by atoms with Gasteiger partial charge in [0.25, 0.3) is 5.72 Å². The van der Waals surface area contributed by atoms with Gasteiger partial charge in [0.15, 0.2) is 0 Å². The van der Waals surface area contributed by atoms with Gasteiger partial charge in [-0.25, -0.2) is 4.98 Å². The highest BCUT2D eigenvalue weighted by Gasteiger charge is 2.67. The summed E-state index contributed by atoms with van der Waals surface area (Å²) in [5.74, 6) is -1.03. The van der Waals surface area contributed by atoms with Gasteiger partial charge in [0.05, 0.1) is 11.6 Å². The Morgan fingerprint density at radius 3 is 2.65 bits per heavy atom. The zero-order valence-corrected chi connectivity index (χ0v) is 15.9. The lowest BCUT2D eigenvalue weighted by Gasteiger charge is -2.38. The predicted molar refractivity (Wildman–Crippen MR) is 98.1 cm³/mol. The molecule has 4 rings (SSSR count). The molecule has 2 heterocycles. The van der Waals surface area contributed by atoms with Crippen LogP contribution >= 0.6 is 27.3 Å². The number of alkyl halides is 3. The molecule has 0 bridgehead atoms. The first-order valence-corrected chi connectivity index (χ1v) is 9.86. The van der Waals surface area contributed by atoms with Gasteiger partial charge in [0, 0.05) is 21.1 Å². The predicted octanol–water partition coefficient (Wildman–Crippen LogP) is 5.19. The van der Waals surface area contributed by atoms with Gasteiger partial charge in [-0.2, -0.15) is 23.3 Å². The van der Waals surface area contributed by atoms with Crippen LogP contribution in [0.4, 0.5) is 18.3 Å². The quantitative estimate of drug-likeness (QED) is 0.691. The standard InChI is InChI=1S/C17H15BrF3N3OS/c18-11-7-5-10(6-8-11)14-9-26-15(22-14)24-16(25,17(19,20)21)12-3-1-2-4-13(12)23-24/h5-9,12,25H,1-4H2/t12-,16-/m0/s1. The van der Waals surface area contributed by atoms with Gasteiger partial charge < -0.3 is 5.11 Å². The van der Waals surface area contributed by atoms with Crippen molar-refractivity contribution in [3.63, 3.8) is 0 Å². The van der Waals surface area contributed by atoms with E-state index < -0.39 is 17.8 Å². The van der Waals surface area contributed by atoms with E-state index in [1.54, 1.807) is 5.38 Å². The molecule has 1 N–H and O–H groups in total. The third kappa shape index (κ3) is 2.76. The topological polar surface area (TPSA) is 48.7 Å². The molecule has 9 heteroatoms. The van der Waals surface area contributed by atoms with Gasteiger partial charge in [-0.05, 0) is 31.4 Å². The fourth-order valence-electron chi connectivity index (χ4n) is 3.52. The second-order valence-corrected chi connectivity index (χ2v) is 8.20. The molecule has 2 aromatic rings. The zero-order valence-electron chi connectivity index (χ0n) is 13.5. The van der Waals surface area contributed by atoms with Crippen molar-refractivity contribution in [3.8, 4) is 11.3 Å². The van der Waals surface area contributed by atoms with E-state index in [4.69, 9.17) is 0 Å². The number of halogens is 4. The van der Waals surface area contributed by atoms with E-state index in [1.165, 1.54) is 0 Å². The molecule has 1 aliphatic heterocycles. The first kappa shape index (κ1) is 17.9. The van der Waals surface area contributed by atoms with E-state index in [1.807, 2.05) is 24.3 Å². The van der Waals surface area contributed by atoms with Gasteiger partial charge >= 0.3 is 6.18 Å². The molecule has 0 spiro atoms. The lowest BCUT2D eigenvalue weighted by atomic mass is 9.80. The van der Waals surface area contributed by atoms with Crippen LogP contribution in [0.5, 0.6) is 0 Å². The number of anilines is 1. The number of hydrogen-bond donors (Lipinski definition) is 1. The summed E-state index contributed by atoms with van der Waals surface area (Å²) in [5, 5.41) is 17.3. The molecule has 0 amide bonds. The molecule has 2 atom stereocenters. The van der Waals surface area contributed by atoms with Crippen molar-refractivity contribution in [2.24, 2.45) is 11.0 Å². The van der Waals surface area contributed by atoms with Crippen LogP contribution in [0.1, 0.15) is 25.7 Å². The monoisotopic (exact) mass is 445 g/mol. The average Bonchev–Trinajstić information content (AvgIpc) is 3.19. The highest BCUT2D eigenvalue weighted by Crippen LogP contribution is 2.50. The number of rotatable bonds is 2. The molecular weight excluding hydrogens is 431 g/mol. The average molecular weight is 446 g/mol. The summed E-state index contributed by atoms with van der Waals surface area (Å²) in [4.78, 5) is 4.32. The Bertz CT molecular complexity index is 852. The summed E-state index contributed by atoms with van der Waals surface area (Å²) in [6.07, 6.45) is -2.64. The van der Waals surface area contributed by atoms with Crippen LogP contribution in [-0.4, -0.2) is 27.7 Å². The van der Waals surface area contributed by atoms with Crippen LogP contribution in [-0.2, 0) is 0 Å². The molecule has 1 fully saturated rings. The number of aromatic nitrogens is 1. The lowest BCUT2D eigenvalue weighted by molar-refractivity contribution is -0.269. The minimum Gasteiger partial charge on any atom is -0.362 e. The van der Waals surface area contributed by atoms with E-state index in [0.29, 0.717) is 29.3 Å². The van der Waals surface area contributed by atoms with Crippen molar-refractivity contribution in [2.75, 3.05) is 5.01 Å². The van der Waals surface area contributed by atoms with E-state index in [9.17, 15) is 18.3 Å². The van der Waals surface area contributed by atoms with Crippen molar-refractivity contribution in [3.05, 3.63) is 34.1 Å². The van der Waals surface area contributed by atoms with Crippen LogP contribution in [0.25, 0.3) is 11.3 Å². The van der Waals surface area contributed by atoms with Gasteiger partial charge in [0.1, 0.15) is 0 Å². The normalized spacial score (nSPS) is 26.0. The second-order valence-electron chi connectivity index (χ2n) is 6.45. The van der Waals surface area contributed by atoms with Gasteiger partial charge in [-0.1, -0.05) is 34.5 Å². The van der Waals surface area contributed by atoms with Crippen LogP contribution in [0.15, 0.2) is 39.2 Å². The van der Waals surface area contributed by atoms with E-state index in [0.717, 1.165) is 27.8 Å².